The first-order valence-corrected chi connectivity index (χ1v) is 6.59. The number of aliphatic carboxylic acids is 1. The molecule has 8 nitrogen and oxygen atoms in total. The highest BCUT2D eigenvalue weighted by atomic mass is 16.4. The monoisotopic (exact) mass is 289 g/mol. The molecule has 0 radical (unpaired) electrons. The van der Waals surface area contributed by atoms with E-state index in [0.29, 0.717) is 6.54 Å². The van der Waals surface area contributed by atoms with Gasteiger partial charge in [-0.25, -0.2) is 9.59 Å². The Balaban J connectivity index is 4.52. The fraction of sp³-hybridized carbons (Fsp3) is 0.750. The van der Waals surface area contributed by atoms with E-state index in [1.54, 1.807) is 0 Å². The van der Waals surface area contributed by atoms with Crippen molar-refractivity contribution in [2.24, 2.45) is 5.73 Å². The second-order valence-electron chi connectivity index (χ2n) is 4.41. The van der Waals surface area contributed by atoms with Crippen LogP contribution in [0.15, 0.2) is 0 Å². The number of carboxylic acids is 1. The lowest BCUT2D eigenvalue weighted by Crippen LogP contribution is -2.49. The zero-order valence-corrected chi connectivity index (χ0v) is 11.7. The number of hydrogen-bond acceptors (Lipinski definition) is 4. The molecule has 0 aromatic heterocycles. The van der Waals surface area contributed by atoms with E-state index in [-0.39, 0.29) is 26.0 Å². The molecule has 0 spiro atoms. The van der Waals surface area contributed by atoms with Crippen molar-refractivity contribution in [3.05, 3.63) is 0 Å². The van der Waals surface area contributed by atoms with Crippen molar-refractivity contribution >= 4 is 17.9 Å². The summed E-state index contributed by atoms with van der Waals surface area (Å²) in [5.74, 6) is -1.84. The van der Waals surface area contributed by atoms with Gasteiger partial charge in [0, 0.05) is 19.5 Å². The Morgan fingerprint density at radius 3 is 2.40 bits per heavy atom. The summed E-state index contributed by atoms with van der Waals surface area (Å²) in [6, 6.07) is -1.73. The van der Waals surface area contributed by atoms with Gasteiger partial charge in [0.2, 0.25) is 5.91 Å². The van der Waals surface area contributed by atoms with Crippen LogP contribution in [0.4, 0.5) is 4.79 Å². The number of aliphatic hydroxyl groups excluding tert-OH is 1. The van der Waals surface area contributed by atoms with E-state index in [0.717, 1.165) is 12.8 Å². The molecule has 116 valence electrons. The smallest absolute Gasteiger partial charge is 0.326 e. The second-order valence-corrected chi connectivity index (χ2v) is 4.41. The Kier molecular flexibility index (Phi) is 9.10. The number of carbonyl (C=O) groups excluding carboxylic acids is 2. The molecule has 0 aromatic rings. The van der Waals surface area contributed by atoms with E-state index >= 15 is 0 Å². The maximum Gasteiger partial charge on any atom is 0.326 e. The lowest BCUT2D eigenvalue weighted by Gasteiger charge is -2.24. The molecule has 0 aromatic carbocycles. The molecule has 5 N–H and O–H groups in total. The van der Waals surface area contributed by atoms with Gasteiger partial charge in [0.15, 0.2) is 0 Å². The first-order valence-electron chi connectivity index (χ1n) is 6.59. The number of carbonyl (C=O) groups is 3. The topological polar surface area (TPSA) is 133 Å². The number of nitrogens with one attached hydrogen (secondary N) is 1. The van der Waals surface area contributed by atoms with Crippen molar-refractivity contribution in [1.29, 1.82) is 0 Å². The van der Waals surface area contributed by atoms with Crippen LogP contribution < -0.4 is 11.1 Å². The number of nitrogens with zero attached hydrogens (tertiary/aromatic N) is 1. The van der Waals surface area contributed by atoms with Crippen molar-refractivity contribution in [2.75, 3.05) is 19.7 Å². The van der Waals surface area contributed by atoms with Crippen molar-refractivity contribution in [2.45, 2.75) is 38.6 Å². The molecule has 20 heavy (non-hydrogen) atoms. The van der Waals surface area contributed by atoms with Gasteiger partial charge in [-0.3, -0.25) is 4.79 Å². The van der Waals surface area contributed by atoms with Gasteiger partial charge in [0.25, 0.3) is 0 Å². The van der Waals surface area contributed by atoms with Crippen LogP contribution in [0, 0.1) is 0 Å². The Morgan fingerprint density at radius 2 is 1.95 bits per heavy atom. The summed E-state index contributed by atoms with van der Waals surface area (Å²) in [4.78, 5) is 34.9. The van der Waals surface area contributed by atoms with E-state index < -0.39 is 23.9 Å². The third kappa shape index (κ3) is 7.57. The standard InChI is InChI=1S/C12H23N3O5/c1-2-3-6-15(7-8-16)12(20)14-9(11(18)19)4-5-10(13)17/h9,16H,2-8H2,1H3,(H2,13,17)(H,14,20)(H,18,19). The number of hydrogen-bond donors (Lipinski definition) is 4. The molecule has 1 unspecified atom stereocenters. The quantitative estimate of drug-likeness (QED) is 0.430. The van der Waals surface area contributed by atoms with E-state index in [2.05, 4.69) is 5.32 Å². The van der Waals surface area contributed by atoms with E-state index in [4.69, 9.17) is 15.9 Å². The predicted octanol–water partition coefficient (Wildman–Crippen LogP) is -0.491. The number of primary amides is 1. The van der Waals surface area contributed by atoms with Gasteiger partial charge in [-0.1, -0.05) is 13.3 Å². The number of rotatable bonds is 10. The first-order chi connectivity index (χ1) is 9.42. The van der Waals surface area contributed by atoms with Crippen molar-refractivity contribution in [1.82, 2.24) is 10.2 Å². The highest BCUT2D eigenvalue weighted by molar-refractivity contribution is 5.83. The lowest BCUT2D eigenvalue weighted by molar-refractivity contribution is -0.139. The summed E-state index contributed by atoms with van der Waals surface area (Å²) in [5.41, 5.74) is 4.96. The number of urea groups is 1. The highest BCUT2D eigenvalue weighted by Gasteiger charge is 2.23. The van der Waals surface area contributed by atoms with Crippen molar-refractivity contribution in [3.8, 4) is 0 Å². The molecule has 0 saturated carbocycles. The minimum absolute atomic E-state index is 0.0584. The minimum atomic E-state index is -1.22. The van der Waals surface area contributed by atoms with Crippen LogP contribution in [0.3, 0.4) is 0 Å². The molecule has 3 amide bonds. The van der Waals surface area contributed by atoms with Gasteiger partial charge >= 0.3 is 12.0 Å². The van der Waals surface area contributed by atoms with Gasteiger partial charge in [-0.2, -0.15) is 0 Å². The summed E-state index contributed by atoms with van der Waals surface area (Å²) < 4.78 is 0. The average Bonchev–Trinajstić information content (AvgIpc) is 2.38. The summed E-state index contributed by atoms with van der Waals surface area (Å²) >= 11 is 0. The van der Waals surface area contributed by atoms with Gasteiger partial charge in [0.05, 0.1) is 6.61 Å². The van der Waals surface area contributed by atoms with Gasteiger partial charge in [-0.15, -0.1) is 0 Å². The fourth-order valence-electron chi connectivity index (χ4n) is 1.57. The van der Waals surface area contributed by atoms with Crippen LogP contribution in [0.5, 0.6) is 0 Å². The van der Waals surface area contributed by atoms with Crippen LogP contribution in [0.1, 0.15) is 32.6 Å². The van der Waals surface area contributed by atoms with Crippen LogP contribution in [-0.2, 0) is 9.59 Å². The molecule has 0 saturated heterocycles. The van der Waals surface area contributed by atoms with Crippen molar-refractivity contribution in [3.63, 3.8) is 0 Å². The third-order valence-electron chi connectivity index (χ3n) is 2.71. The molecule has 0 aliphatic rings. The molecule has 0 aliphatic carbocycles. The van der Waals surface area contributed by atoms with E-state index in [1.807, 2.05) is 6.92 Å². The molecule has 0 rings (SSSR count). The lowest BCUT2D eigenvalue weighted by atomic mass is 10.1. The summed E-state index contributed by atoms with van der Waals surface area (Å²) in [5, 5.41) is 20.2. The van der Waals surface area contributed by atoms with Gasteiger partial charge in [-0.05, 0) is 12.8 Å². The Bertz CT molecular complexity index is 335. The number of carboxylic acid groups (broad SMARTS) is 1. The number of aliphatic hydroxyl groups is 1. The number of amides is 3. The normalized spacial score (nSPS) is 11.7. The zero-order chi connectivity index (χ0) is 15.5. The number of nitrogens with two attached hydrogens (primary N) is 1. The Morgan fingerprint density at radius 1 is 1.30 bits per heavy atom. The van der Waals surface area contributed by atoms with Crippen LogP contribution in [-0.4, -0.2) is 58.8 Å². The maximum absolute atomic E-state index is 11.9. The predicted molar refractivity (Wildman–Crippen MR) is 72.0 cm³/mol. The van der Waals surface area contributed by atoms with Crippen LogP contribution in [0.25, 0.3) is 0 Å². The van der Waals surface area contributed by atoms with Gasteiger partial charge in [0.1, 0.15) is 6.04 Å². The first kappa shape index (κ1) is 18.2. The zero-order valence-electron chi connectivity index (χ0n) is 11.7. The Hall–Kier alpha value is -1.83. The Labute approximate surface area is 117 Å². The maximum atomic E-state index is 11.9. The van der Waals surface area contributed by atoms with Crippen LogP contribution in [0.2, 0.25) is 0 Å². The fourth-order valence-corrected chi connectivity index (χ4v) is 1.57. The third-order valence-corrected chi connectivity index (χ3v) is 2.71. The molecule has 0 aliphatic heterocycles. The number of unbranched alkanes of at least 4 members (excludes halogenated alkanes) is 1. The molecular weight excluding hydrogens is 266 g/mol. The molecule has 0 heterocycles. The highest BCUT2D eigenvalue weighted by Crippen LogP contribution is 2.01. The molecule has 0 fully saturated rings. The molecule has 0 bridgehead atoms. The molecule has 1 atom stereocenters. The van der Waals surface area contributed by atoms with Crippen molar-refractivity contribution < 1.29 is 24.6 Å². The molecular formula is C12H23N3O5. The van der Waals surface area contributed by atoms with Crippen LogP contribution >= 0.6 is 0 Å². The van der Waals surface area contributed by atoms with E-state index in [9.17, 15) is 14.4 Å². The summed E-state index contributed by atoms with van der Waals surface area (Å²) in [6.45, 7) is 2.33. The summed E-state index contributed by atoms with van der Waals surface area (Å²) in [7, 11) is 0. The van der Waals surface area contributed by atoms with Gasteiger partial charge < -0.3 is 26.2 Å². The average molecular weight is 289 g/mol. The second kappa shape index (κ2) is 10.0. The summed E-state index contributed by atoms with van der Waals surface area (Å²) in [6.07, 6.45) is 1.45. The minimum Gasteiger partial charge on any atom is -0.480 e. The molecule has 8 heteroatoms. The SMILES string of the molecule is CCCCN(CCO)C(=O)NC(CCC(N)=O)C(=O)O. The van der Waals surface area contributed by atoms with E-state index in [1.165, 1.54) is 4.90 Å². The largest absolute Gasteiger partial charge is 0.480 e.